The summed E-state index contributed by atoms with van der Waals surface area (Å²) in [5.41, 5.74) is 0.123. The van der Waals surface area contributed by atoms with Crippen molar-refractivity contribution in [2.45, 2.75) is 24.9 Å². The highest BCUT2D eigenvalue weighted by atomic mass is 16.5. The van der Waals surface area contributed by atoms with Crippen molar-refractivity contribution >= 4 is 13.1 Å². The Kier molecular flexibility index (Phi) is 3.34. The highest BCUT2D eigenvalue weighted by molar-refractivity contribution is 6.43. The Morgan fingerprint density at radius 3 is 2.95 bits per heavy atom. The normalized spacial score (nSPS) is 30.9. The Bertz CT molecular complexity index is 445. The molecule has 0 aromatic rings. The van der Waals surface area contributed by atoms with E-state index in [0.717, 1.165) is 19.5 Å². The quantitative estimate of drug-likeness (QED) is 0.611. The number of fused-ring (bicyclic) bond motifs is 1. The smallest absolute Gasteiger partial charge is 0.454 e. The summed E-state index contributed by atoms with van der Waals surface area (Å²) in [5, 5.41) is 22.0. The van der Waals surface area contributed by atoms with Gasteiger partial charge in [-0.25, -0.2) is 4.79 Å². The number of hydrogen-bond acceptors (Lipinski definition) is 5. The highest BCUT2D eigenvalue weighted by Gasteiger charge is 2.41. The minimum atomic E-state index is -1.05. The molecule has 2 unspecified atom stereocenters. The number of carbonyl (C=O) groups is 1. The van der Waals surface area contributed by atoms with Gasteiger partial charge in [0.05, 0.1) is 6.10 Å². The molecule has 0 aromatic carbocycles. The van der Waals surface area contributed by atoms with Gasteiger partial charge in [-0.1, -0.05) is 6.08 Å². The van der Waals surface area contributed by atoms with Gasteiger partial charge >= 0.3 is 13.1 Å². The van der Waals surface area contributed by atoms with Crippen LogP contribution in [-0.2, 0) is 14.2 Å². The number of allylic oxidation sites excluding steroid dienone is 1. The molecule has 1 aliphatic carbocycles. The van der Waals surface area contributed by atoms with Gasteiger partial charge in [-0.15, -0.1) is 0 Å². The molecule has 3 aliphatic rings. The summed E-state index contributed by atoms with van der Waals surface area (Å²) >= 11 is 0. The average Bonchev–Trinajstić information content (AvgIpc) is 2.32. The molecule has 2 atom stereocenters. The fourth-order valence-electron chi connectivity index (χ4n) is 2.60. The molecule has 2 heterocycles. The Hall–Kier alpha value is -1.31. The second-order valence-electron chi connectivity index (χ2n) is 5.09. The van der Waals surface area contributed by atoms with Gasteiger partial charge in [-0.2, -0.15) is 0 Å². The molecule has 3 N–H and O–H groups in total. The summed E-state index contributed by atoms with van der Waals surface area (Å²) in [6, 6.07) is 0. The molecule has 0 spiro atoms. The lowest BCUT2D eigenvalue weighted by Crippen LogP contribution is -2.49. The molecule has 2 fully saturated rings. The van der Waals surface area contributed by atoms with E-state index in [1.807, 2.05) is 6.08 Å². The monoisotopic (exact) mass is 265 g/mol. The summed E-state index contributed by atoms with van der Waals surface area (Å²) in [6.07, 6.45) is 4.29. The molecule has 19 heavy (non-hydrogen) atoms. The van der Waals surface area contributed by atoms with E-state index in [4.69, 9.17) is 9.39 Å². The molecular weight excluding hydrogens is 249 g/mol. The van der Waals surface area contributed by atoms with Crippen LogP contribution < -0.4 is 5.32 Å². The van der Waals surface area contributed by atoms with Crippen molar-refractivity contribution in [3.05, 3.63) is 23.5 Å². The zero-order valence-corrected chi connectivity index (χ0v) is 10.4. The fourth-order valence-corrected chi connectivity index (χ4v) is 2.60. The lowest BCUT2D eigenvalue weighted by Gasteiger charge is -2.36. The molecule has 0 radical (unpaired) electrons. The molecule has 6 nitrogen and oxygen atoms in total. The molecule has 3 rings (SSSR count). The number of aliphatic carboxylic acids is 1. The average molecular weight is 265 g/mol. The Balaban J connectivity index is 1.86. The molecule has 0 saturated carbocycles. The molecule has 0 aromatic heterocycles. The maximum atomic E-state index is 11.5. The largest absolute Gasteiger partial charge is 0.487 e. The van der Waals surface area contributed by atoms with Crippen molar-refractivity contribution in [2.24, 2.45) is 5.92 Å². The number of carboxylic acids is 1. The van der Waals surface area contributed by atoms with E-state index in [1.165, 1.54) is 0 Å². The highest BCUT2D eigenvalue weighted by Crippen LogP contribution is 2.35. The van der Waals surface area contributed by atoms with Crippen molar-refractivity contribution in [1.29, 1.82) is 0 Å². The molecule has 102 valence electrons. The maximum Gasteiger partial charge on any atom is 0.454 e. The van der Waals surface area contributed by atoms with E-state index in [-0.39, 0.29) is 17.6 Å². The molecular formula is C12H16BNO5. The first-order valence-electron chi connectivity index (χ1n) is 6.51. The van der Waals surface area contributed by atoms with Crippen LogP contribution in [0.4, 0.5) is 0 Å². The van der Waals surface area contributed by atoms with Gasteiger partial charge in [0, 0.05) is 19.0 Å². The molecule has 2 saturated heterocycles. The van der Waals surface area contributed by atoms with E-state index >= 15 is 0 Å². The lowest BCUT2D eigenvalue weighted by atomic mass is 9.71. The third kappa shape index (κ3) is 2.41. The minimum Gasteiger partial charge on any atom is -0.487 e. The number of nitrogens with one attached hydrogen (secondary N) is 1. The van der Waals surface area contributed by atoms with Crippen LogP contribution in [0, 0.1) is 5.92 Å². The minimum absolute atomic E-state index is 0.00126. The van der Waals surface area contributed by atoms with Crippen LogP contribution in [0.25, 0.3) is 0 Å². The van der Waals surface area contributed by atoms with Gasteiger partial charge in [-0.3, -0.25) is 0 Å². The SMILES string of the molecule is O=C(O)C1=C(OC2CNC2)C=CC2CCB(O)OC12. The Labute approximate surface area is 111 Å². The number of hydrogen-bond donors (Lipinski definition) is 3. The zero-order valence-electron chi connectivity index (χ0n) is 10.4. The number of ether oxygens (including phenoxy) is 1. The van der Waals surface area contributed by atoms with Crippen LogP contribution in [0.1, 0.15) is 6.42 Å². The molecule has 0 bridgehead atoms. The predicted octanol–water partition coefficient (Wildman–Crippen LogP) is -0.231. The second-order valence-corrected chi connectivity index (χ2v) is 5.09. The summed E-state index contributed by atoms with van der Waals surface area (Å²) in [5.74, 6) is -0.688. The van der Waals surface area contributed by atoms with Gasteiger partial charge in [0.15, 0.2) is 0 Å². The van der Waals surface area contributed by atoms with E-state index in [0.29, 0.717) is 12.1 Å². The zero-order chi connectivity index (χ0) is 13.4. The summed E-state index contributed by atoms with van der Waals surface area (Å²) in [6.45, 7) is 1.45. The summed E-state index contributed by atoms with van der Waals surface area (Å²) in [4.78, 5) is 11.5. The first-order chi connectivity index (χ1) is 9.15. The topological polar surface area (TPSA) is 88.0 Å². The van der Waals surface area contributed by atoms with Crippen molar-refractivity contribution < 1.29 is 24.3 Å². The van der Waals surface area contributed by atoms with Gasteiger partial charge in [0.1, 0.15) is 17.4 Å². The van der Waals surface area contributed by atoms with Crippen molar-refractivity contribution in [3.63, 3.8) is 0 Å². The Morgan fingerprint density at radius 1 is 1.53 bits per heavy atom. The van der Waals surface area contributed by atoms with Crippen LogP contribution in [0.3, 0.4) is 0 Å². The number of rotatable bonds is 3. The summed E-state index contributed by atoms with van der Waals surface area (Å²) < 4.78 is 11.1. The van der Waals surface area contributed by atoms with Gasteiger partial charge in [0.2, 0.25) is 0 Å². The van der Waals surface area contributed by atoms with Gasteiger partial charge in [0.25, 0.3) is 0 Å². The van der Waals surface area contributed by atoms with Crippen LogP contribution in [0.2, 0.25) is 6.32 Å². The fraction of sp³-hybridized carbons (Fsp3) is 0.583. The van der Waals surface area contributed by atoms with E-state index in [2.05, 4.69) is 5.32 Å². The van der Waals surface area contributed by atoms with E-state index in [1.54, 1.807) is 6.08 Å². The van der Waals surface area contributed by atoms with Crippen molar-refractivity contribution in [2.75, 3.05) is 13.1 Å². The number of carboxylic acid groups (broad SMARTS) is 1. The van der Waals surface area contributed by atoms with Crippen molar-refractivity contribution in [3.8, 4) is 0 Å². The van der Waals surface area contributed by atoms with E-state index < -0.39 is 19.2 Å². The second kappa shape index (κ2) is 4.99. The van der Waals surface area contributed by atoms with Crippen molar-refractivity contribution in [1.82, 2.24) is 5.32 Å². The molecule has 7 heteroatoms. The van der Waals surface area contributed by atoms with Crippen LogP contribution in [0.15, 0.2) is 23.5 Å². The first-order valence-corrected chi connectivity index (χ1v) is 6.51. The predicted molar refractivity (Wildman–Crippen MR) is 67.3 cm³/mol. The van der Waals surface area contributed by atoms with Gasteiger partial charge < -0.3 is 24.8 Å². The third-order valence-electron chi connectivity index (χ3n) is 3.75. The standard InChI is InChI=1S/C12H16BNO5/c15-12(16)10-9(18-8-5-14-6-8)2-1-7-3-4-13(17)19-11(7)10/h1-2,7-8,11,14,17H,3-6H2,(H,15,16). The third-order valence-corrected chi connectivity index (χ3v) is 3.75. The maximum absolute atomic E-state index is 11.5. The molecule has 0 amide bonds. The van der Waals surface area contributed by atoms with Gasteiger partial charge in [-0.05, 0) is 18.8 Å². The van der Waals surface area contributed by atoms with Crippen LogP contribution in [0.5, 0.6) is 0 Å². The summed E-state index contributed by atoms with van der Waals surface area (Å²) in [7, 11) is -0.895. The Morgan fingerprint density at radius 2 is 2.32 bits per heavy atom. The van der Waals surface area contributed by atoms with E-state index in [9.17, 15) is 14.9 Å². The van der Waals surface area contributed by atoms with Crippen LogP contribution in [-0.4, -0.2) is 48.5 Å². The lowest BCUT2D eigenvalue weighted by molar-refractivity contribution is -0.134. The first kappa shape index (κ1) is 12.7. The van der Waals surface area contributed by atoms with Crippen LogP contribution >= 0.6 is 0 Å². The molecule has 2 aliphatic heterocycles.